The lowest BCUT2D eigenvalue weighted by molar-refractivity contribution is -0.140. The number of rotatable bonds is 6. The zero-order valence-corrected chi connectivity index (χ0v) is 11.9. The molecule has 1 N–H and O–H groups in total. The zero-order valence-electron chi connectivity index (χ0n) is 11.1. The maximum absolute atomic E-state index is 11.9. The van der Waals surface area contributed by atoms with Gasteiger partial charge in [-0.1, -0.05) is 0 Å². The lowest BCUT2D eigenvalue weighted by Gasteiger charge is -2.17. The van der Waals surface area contributed by atoms with Gasteiger partial charge in [0.25, 0.3) is 0 Å². The van der Waals surface area contributed by atoms with E-state index in [0.29, 0.717) is 0 Å². The van der Waals surface area contributed by atoms with Crippen LogP contribution in [0.15, 0.2) is 18.3 Å². The molecule has 0 spiro atoms. The van der Waals surface area contributed by atoms with E-state index in [0.717, 1.165) is 9.87 Å². The topological polar surface area (TPSA) is 88.6 Å². The predicted molar refractivity (Wildman–Crippen MR) is 70.8 cm³/mol. The second-order valence-electron chi connectivity index (χ2n) is 3.97. The first kappa shape index (κ1) is 15.4. The van der Waals surface area contributed by atoms with Crippen LogP contribution < -0.4 is 4.72 Å². The van der Waals surface area contributed by atoms with E-state index in [4.69, 9.17) is 0 Å². The van der Waals surface area contributed by atoms with Crippen molar-refractivity contribution >= 4 is 22.0 Å². The Kier molecular flexibility index (Phi) is 5.25. The van der Waals surface area contributed by atoms with E-state index in [9.17, 15) is 13.2 Å². The highest BCUT2D eigenvalue weighted by Gasteiger charge is 2.19. The van der Waals surface area contributed by atoms with E-state index in [1.165, 1.54) is 20.4 Å². The van der Waals surface area contributed by atoms with Crippen LogP contribution in [0.25, 0.3) is 0 Å². The van der Waals surface area contributed by atoms with Gasteiger partial charge in [-0.3, -0.25) is 9.52 Å². The highest BCUT2D eigenvalue weighted by molar-refractivity contribution is 7.90. The number of hydrogen-bond acceptors (Lipinski definition) is 5. The van der Waals surface area contributed by atoms with Gasteiger partial charge in [0.2, 0.25) is 0 Å². The molecule has 0 aliphatic rings. The number of hydrogen-bond donors (Lipinski definition) is 1. The molecule has 1 rings (SSSR count). The first-order valence-corrected chi connectivity index (χ1v) is 7.02. The standard InChI is InChI=1S/C11H17N3O4S/c1-9-4-6-12-10(8-9)13-19(16,17)14(2)7-5-11(15)18-3/h4,6,8H,5,7H2,1-3H3,(H,12,13). The van der Waals surface area contributed by atoms with Gasteiger partial charge in [-0.25, -0.2) is 4.98 Å². The molecule has 0 saturated carbocycles. The zero-order chi connectivity index (χ0) is 14.5. The highest BCUT2D eigenvalue weighted by Crippen LogP contribution is 2.09. The van der Waals surface area contributed by atoms with Gasteiger partial charge in [-0.05, 0) is 24.6 Å². The van der Waals surface area contributed by atoms with Crippen LogP contribution in [0.4, 0.5) is 5.82 Å². The van der Waals surface area contributed by atoms with E-state index in [1.54, 1.807) is 12.1 Å². The van der Waals surface area contributed by atoms with Crippen molar-refractivity contribution < 1.29 is 17.9 Å². The number of pyridine rings is 1. The van der Waals surface area contributed by atoms with Crippen molar-refractivity contribution in [2.75, 3.05) is 25.4 Å². The van der Waals surface area contributed by atoms with Gasteiger partial charge in [0.1, 0.15) is 5.82 Å². The molecular weight excluding hydrogens is 270 g/mol. The molecule has 106 valence electrons. The molecule has 0 amide bonds. The fourth-order valence-corrected chi connectivity index (χ4v) is 2.14. The van der Waals surface area contributed by atoms with Gasteiger partial charge >= 0.3 is 16.2 Å². The molecule has 1 aromatic heterocycles. The summed E-state index contributed by atoms with van der Waals surface area (Å²) in [6, 6.07) is 3.38. The summed E-state index contributed by atoms with van der Waals surface area (Å²) in [5, 5.41) is 0. The number of nitrogens with one attached hydrogen (secondary N) is 1. The van der Waals surface area contributed by atoms with Gasteiger partial charge in [0.05, 0.1) is 13.5 Å². The second kappa shape index (κ2) is 6.48. The van der Waals surface area contributed by atoms with Crippen LogP contribution in [-0.4, -0.2) is 44.4 Å². The molecule has 0 saturated heterocycles. The summed E-state index contributed by atoms with van der Waals surface area (Å²) in [7, 11) is -1.09. The summed E-state index contributed by atoms with van der Waals surface area (Å²) < 4.78 is 31.7. The number of nitrogens with zero attached hydrogens (tertiary/aromatic N) is 2. The average molecular weight is 287 g/mol. The highest BCUT2D eigenvalue weighted by atomic mass is 32.2. The summed E-state index contributed by atoms with van der Waals surface area (Å²) in [5.41, 5.74) is 0.893. The van der Waals surface area contributed by atoms with Gasteiger partial charge in [0.15, 0.2) is 0 Å². The number of ether oxygens (including phenoxy) is 1. The largest absolute Gasteiger partial charge is 0.469 e. The average Bonchev–Trinajstić information content (AvgIpc) is 2.34. The fraction of sp³-hybridized carbons (Fsp3) is 0.455. The Morgan fingerprint density at radius 3 is 2.79 bits per heavy atom. The maximum atomic E-state index is 11.9. The van der Waals surface area contributed by atoms with Crippen molar-refractivity contribution in [1.29, 1.82) is 0 Å². The number of carbonyl (C=O) groups is 1. The van der Waals surface area contributed by atoms with E-state index in [2.05, 4.69) is 14.4 Å². The minimum Gasteiger partial charge on any atom is -0.469 e. The Hall–Kier alpha value is -1.67. The third kappa shape index (κ3) is 4.84. The predicted octanol–water partition coefficient (Wildman–Crippen LogP) is 0.542. The van der Waals surface area contributed by atoms with Crippen molar-refractivity contribution in [2.24, 2.45) is 0 Å². The SMILES string of the molecule is COC(=O)CCN(C)S(=O)(=O)Nc1cc(C)ccn1. The van der Waals surface area contributed by atoms with Crippen molar-refractivity contribution in [1.82, 2.24) is 9.29 Å². The molecule has 19 heavy (non-hydrogen) atoms. The van der Waals surface area contributed by atoms with Crippen LogP contribution in [0.2, 0.25) is 0 Å². The van der Waals surface area contributed by atoms with Crippen molar-refractivity contribution in [3.8, 4) is 0 Å². The molecule has 7 nitrogen and oxygen atoms in total. The van der Waals surface area contributed by atoms with Crippen LogP contribution in [0.3, 0.4) is 0 Å². The molecule has 0 aromatic carbocycles. The molecule has 8 heteroatoms. The smallest absolute Gasteiger partial charge is 0.306 e. The molecule has 0 bridgehead atoms. The summed E-state index contributed by atoms with van der Waals surface area (Å²) in [6.07, 6.45) is 1.51. The van der Waals surface area contributed by atoms with E-state index in [1.807, 2.05) is 6.92 Å². The Bertz CT molecular complexity index is 545. The van der Waals surface area contributed by atoms with Crippen LogP contribution in [0.5, 0.6) is 0 Å². The van der Waals surface area contributed by atoms with Crippen molar-refractivity contribution in [3.63, 3.8) is 0 Å². The second-order valence-corrected chi connectivity index (χ2v) is 5.75. The minimum atomic E-state index is -3.72. The van der Waals surface area contributed by atoms with Crippen LogP contribution >= 0.6 is 0 Å². The molecule has 0 unspecified atom stereocenters. The van der Waals surface area contributed by atoms with Gasteiger partial charge < -0.3 is 4.74 Å². The van der Waals surface area contributed by atoms with Crippen LogP contribution in [0, 0.1) is 6.92 Å². The van der Waals surface area contributed by atoms with E-state index < -0.39 is 16.2 Å². The molecule has 1 aromatic rings. The number of esters is 1. The first-order valence-electron chi connectivity index (χ1n) is 5.58. The lowest BCUT2D eigenvalue weighted by atomic mass is 10.3. The summed E-state index contributed by atoms with van der Waals surface area (Å²) in [4.78, 5) is 14.9. The van der Waals surface area contributed by atoms with Crippen molar-refractivity contribution in [2.45, 2.75) is 13.3 Å². The molecular formula is C11H17N3O4S. The van der Waals surface area contributed by atoms with Gasteiger partial charge in [-0.2, -0.15) is 12.7 Å². The molecule has 0 atom stereocenters. The Morgan fingerprint density at radius 2 is 2.21 bits per heavy atom. The normalized spacial score (nSPS) is 11.4. The third-order valence-corrected chi connectivity index (χ3v) is 3.89. The fourth-order valence-electron chi connectivity index (χ4n) is 1.27. The number of carbonyl (C=O) groups excluding carboxylic acids is 1. The molecule has 1 heterocycles. The monoisotopic (exact) mass is 287 g/mol. The molecule has 0 aliphatic heterocycles. The van der Waals surface area contributed by atoms with Gasteiger partial charge in [-0.15, -0.1) is 0 Å². The molecule has 0 aliphatic carbocycles. The third-order valence-electron chi connectivity index (χ3n) is 2.42. The maximum Gasteiger partial charge on any atom is 0.306 e. The number of methoxy groups -OCH3 is 1. The Labute approximate surface area is 112 Å². The summed E-state index contributed by atoms with van der Waals surface area (Å²) in [5.74, 6) is -0.222. The van der Waals surface area contributed by atoms with Crippen LogP contribution in [0.1, 0.15) is 12.0 Å². The molecule has 0 fully saturated rings. The number of anilines is 1. The first-order chi connectivity index (χ1) is 8.85. The number of aryl methyl sites for hydroxylation is 1. The lowest BCUT2D eigenvalue weighted by Crippen LogP contribution is -2.34. The minimum absolute atomic E-state index is 0.00481. The Balaban J connectivity index is 2.67. The quantitative estimate of drug-likeness (QED) is 0.771. The molecule has 0 radical (unpaired) electrons. The van der Waals surface area contributed by atoms with Gasteiger partial charge in [0, 0.05) is 19.8 Å². The van der Waals surface area contributed by atoms with Crippen LogP contribution in [-0.2, 0) is 19.7 Å². The van der Waals surface area contributed by atoms with E-state index >= 15 is 0 Å². The summed E-state index contributed by atoms with van der Waals surface area (Å²) in [6.45, 7) is 1.87. The number of aromatic nitrogens is 1. The summed E-state index contributed by atoms with van der Waals surface area (Å²) >= 11 is 0. The Morgan fingerprint density at radius 1 is 1.53 bits per heavy atom. The van der Waals surface area contributed by atoms with Crippen molar-refractivity contribution in [3.05, 3.63) is 23.9 Å². The van der Waals surface area contributed by atoms with E-state index in [-0.39, 0.29) is 18.8 Å².